The molecule has 1 atom stereocenters. The van der Waals surface area contributed by atoms with E-state index in [1.165, 1.54) is 0 Å². The van der Waals surface area contributed by atoms with Gasteiger partial charge in [0.2, 0.25) is 0 Å². The molecule has 4 aromatic carbocycles. The van der Waals surface area contributed by atoms with Gasteiger partial charge in [-0.3, -0.25) is 4.79 Å². The molecule has 0 saturated carbocycles. The van der Waals surface area contributed by atoms with Crippen LogP contribution in [0.5, 0.6) is 0 Å². The van der Waals surface area contributed by atoms with Crippen LogP contribution in [-0.2, 0) is 23.4 Å². The third-order valence-electron chi connectivity index (χ3n) is 5.27. The van der Waals surface area contributed by atoms with Gasteiger partial charge in [0.05, 0.1) is 6.61 Å². The van der Waals surface area contributed by atoms with Gasteiger partial charge in [-0.25, -0.2) is 0 Å². The Morgan fingerprint density at radius 3 is 1.63 bits per heavy atom. The van der Waals surface area contributed by atoms with E-state index in [-0.39, 0.29) is 5.78 Å². The second kappa shape index (κ2) is 9.34. The maximum absolute atomic E-state index is 14.0. The normalized spacial score (nSPS) is 12.8. The van der Waals surface area contributed by atoms with Crippen molar-refractivity contribution < 1.29 is 9.53 Å². The fraction of sp³-hybridized carbons (Fsp3) is 0.107. The fourth-order valence-corrected chi connectivity index (χ4v) is 3.71. The molecular formula is C28H24O2. The number of ether oxygens (including phenoxy) is 1. The quantitative estimate of drug-likeness (QED) is 0.333. The first-order chi connectivity index (χ1) is 14.8. The largest absolute Gasteiger partial charge is 0.357 e. The molecule has 0 saturated heterocycles. The van der Waals surface area contributed by atoms with Gasteiger partial charge in [0.25, 0.3) is 0 Å². The van der Waals surface area contributed by atoms with Crippen LogP contribution in [0.1, 0.15) is 27.0 Å². The van der Waals surface area contributed by atoms with Gasteiger partial charge < -0.3 is 4.74 Å². The Morgan fingerprint density at radius 2 is 1.07 bits per heavy atom. The van der Waals surface area contributed by atoms with Crippen LogP contribution in [0.3, 0.4) is 0 Å². The SMILES string of the molecule is O=C(c1ccccc1)C(Cc1ccccc1)(OCc1ccccc1)c1ccccc1. The van der Waals surface area contributed by atoms with Crippen molar-refractivity contribution in [1.82, 2.24) is 0 Å². The molecular weight excluding hydrogens is 368 g/mol. The molecule has 0 amide bonds. The second-order valence-electron chi connectivity index (χ2n) is 7.32. The van der Waals surface area contributed by atoms with E-state index in [9.17, 15) is 4.79 Å². The lowest BCUT2D eigenvalue weighted by Crippen LogP contribution is -2.41. The molecule has 30 heavy (non-hydrogen) atoms. The van der Waals surface area contributed by atoms with E-state index in [4.69, 9.17) is 4.74 Å². The second-order valence-corrected chi connectivity index (χ2v) is 7.32. The predicted molar refractivity (Wildman–Crippen MR) is 120 cm³/mol. The molecule has 0 N–H and O–H groups in total. The third-order valence-corrected chi connectivity index (χ3v) is 5.27. The maximum Gasteiger partial charge on any atom is 0.199 e. The van der Waals surface area contributed by atoms with Crippen molar-refractivity contribution in [2.24, 2.45) is 0 Å². The lowest BCUT2D eigenvalue weighted by atomic mass is 9.80. The summed E-state index contributed by atoms with van der Waals surface area (Å²) in [5.74, 6) is -0.0333. The van der Waals surface area contributed by atoms with Crippen molar-refractivity contribution in [3.8, 4) is 0 Å². The summed E-state index contributed by atoms with van der Waals surface area (Å²) in [6.07, 6.45) is 0.457. The van der Waals surface area contributed by atoms with Crippen LogP contribution in [0.25, 0.3) is 0 Å². The summed E-state index contributed by atoms with van der Waals surface area (Å²) in [6, 6.07) is 39.3. The third kappa shape index (κ3) is 4.40. The molecule has 0 bridgehead atoms. The molecule has 148 valence electrons. The Morgan fingerprint density at radius 1 is 0.600 bits per heavy atom. The zero-order valence-corrected chi connectivity index (χ0v) is 16.8. The van der Waals surface area contributed by atoms with Gasteiger partial charge in [-0.15, -0.1) is 0 Å². The summed E-state index contributed by atoms with van der Waals surface area (Å²) < 4.78 is 6.57. The molecule has 2 nitrogen and oxygen atoms in total. The molecule has 0 heterocycles. The number of hydrogen-bond donors (Lipinski definition) is 0. The molecule has 0 spiro atoms. The summed E-state index contributed by atoms with van der Waals surface area (Å²) in [6.45, 7) is 0.348. The molecule has 0 aliphatic heterocycles. The Balaban J connectivity index is 1.82. The van der Waals surface area contributed by atoms with Gasteiger partial charge in [-0.05, 0) is 16.7 Å². The Bertz CT molecular complexity index is 1060. The van der Waals surface area contributed by atoms with E-state index in [0.717, 1.165) is 16.7 Å². The smallest absolute Gasteiger partial charge is 0.199 e. The van der Waals surface area contributed by atoms with Crippen LogP contribution < -0.4 is 0 Å². The van der Waals surface area contributed by atoms with Crippen molar-refractivity contribution in [2.75, 3.05) is 0 Å². The van der Waals surface area contributed by atoms with Crippen molar-refractivity contribution >= 4 is 5.78 Å². The van der Waals surface area contributed by atoms with Crippen molar-refractivity contribution in [1.29, 1.82) is 0 Å². The molecule has 1 unspecified atom stereocenters. The minimum absolute atomic E-state index is 0.0333. The lowest BCUT2D eigenvalue weighted by molar-refractivity contribution is -0.0392. The van der Waals surface area contributed by atoms with Gasteiger partial charge in [-0.2, -0.15) is 0 Å². The average molecular weight is 392 g/mol. The molecule has 4 rings (SSSR count). The molecule has 4 aromatic rings. The van der Waals surface area contributed by atoms with Crippen LogP contribution in [-0.4, -0.2) is 5.78 Å². The number of benzene rings is 4. The van der Waals surface area contributed by atoms with E-state index in [1.54, 1.807) is 0 Å². The highest BCUT2D eigenvalue weighted by Gasteiger charge is 2.42. The van der Waals surface area contributed by atoms with Gasteiger partial charge in [0, 0.05) is 12.0 Å². The highest BCUT2D eigenvalue weighted by molar-refractivity contribution is 6.03. The van der Waals surface area contributed by atoms with E-state index < -0.39 is 5.60 Å². The van der Waals surface area contributed by atoms with Gasteiger partial charge in [-0.1, -0.05) is 121 Å². The van der Waals surface area contributed by atoms with Crippen molar-refractivity contribution in [2.45, 2.75) is 18.6 Å². The van der Waals surface area contributed by atoms with E-state index in [1.807, 2.05) is 121 Å². The van der Waals surface area contributed by atoms with Crippen LogP contribution >= 0.6 is 0 Å². The predicted octanol–water partition coefficient (Wildman–Crippen LogP) is 6.22. The maximum atomic E-state index is 14.0. The van der Waals surface area contributed by atoms with Crippen molar-refractivity contribution in [3.63, 3.8) is 0 Å². The van der Waals surface area contributed by atoms with Crippen LogP contribution in [0.15, 0.2) is 121 Å². The topological polar surface area (TPSA) is 26.3 Å². The van der Waals surface area contributed by atoms with E-state index >= 15 is 0 Å². The summed E-state index contributed by atoms with van der Waals surface area (Å²) in [5, 5.41) is 0. The molecule has 0 aliphatic carbocycles. The van der Waals surface area contributed by atoms with Gasteiger partial charge in [0.1, 0.15) is 0 Å². The average Bonchev–Trinajstić information content (AvgIpc) is 2.84. The Labute approximate surface area is 177 Å². The Kier molecular flexibility index (Phi) is 6.17. The van der Waals surface area contributed by atoms with Crippen LogP contribution in [0.4, 0.5) is 0 Å². The minimum atomic E-state index is -1.13. The monoisotopic (exact) mass is 392 g/mol. The molecule has 0 aromatic heterocycles. The standard InChI is InChI=1S/C28H24O2/c29-27(25-17-9-3-10-18-25)28(26-19-11-4-12-20-26,21-23-13-5-1-6-14-23)30-22-24-15-7-2-8-16-24/h1-20H,21-22H2. The molecule has 0 fully saturated rings. The summed E-state index contributed by atoms with van der Waals surface area (Å²) in [4.78, 5) is 14.0. The first kappa shape index (κ1) is 19.8. The molecule has 0 aliphatic rings. The minimum Gasteiger partial charge on any atom is -0.357 e. The lowest BCUT2D eigenvalue weighted by Gasteiger charge is -2.33. The van der Waals surface area contributed by atoms with Crippen molar-refractivity contribution in [3.05, 3.63) is 144 Å². The summed E-state index contributed by atoms with van der Waals surface area (Å²) >= 11 is 0. The highest BCUT2D eigenvalue weighted by Crippen LogP contribution is 2.35. The Hall–Kier alpha value is -3.49. The van der Waals surface area contributed by atoms with Gasteiger partial charge in [0.15, 0.2) is 11.4 Å². The molecule has 2 heteroatoms. The van der Waals surface area contributed by atoms with E-state index in [0.29, 0.717) is 18.6 Å². The zero-order chi connectivity index (χ0) is 20.7. The number of ketones is 1. The number of hydrogen-bond acceptors (Lipinski definition) is 2. The number of carbonyl (C=O) groups excluding carboxylic acids is 1. The highest BCUT2D eigenvalue weighted by atomic mass is 16.5. The molecule has 0 radical (unpaired) electrons. The first-order valence-electron chi connectivity index (χ1n) is 10.2. The number of Topliss-reactive ketones (excluding diaryl/α,β-unsaturated/α-hetero) is 1. The van der Waals surface area contributed by atoms with E-state index in [2.05, 4.69) is 0 Å². The van der Waals surface area contributed by atoms with Crippen LogP contribution in [0.2, 0.25) is 0 Å². The number of carbonyl (C=O) groups is 1. The summed E-state index contributed by atoms with van der Waals surface area (Å²) in [5.41, 5.74) is 2.47. The number of rotatable bonds is 8. The summed E-state index contributed by atoms with van der Waals surface area (Å²) in [7, 11) is 0. The first-order valence-corrected chi connectivity index (χ1v) is 10.2. The van der Waals surface area contributed by atoms with Gasteiger partial charge >= 0.3 is 0 Å². The fourth-order valence-electron chi connectivity index (χ4n) is 3.71. The zero-order valence-electron chi connectivity index (χ0n) is 16.8. The van der Waals surface area contributed by atoms with Crippen LogP contribution in [0, 0.1) is 0 Å².